The van der Waals surface area contributed by atoms with Crippen molar-refractivity contribution < 1.29 is 23.8 Å². The Morgan fingerprint density at radius 2 is 0.900 bits per heavy atom. The van der Waals surface area contributed by atoms with Crippen LogP contribution < -0.4 is 0 Å². The molecule has 5 nitrogen and oxygen atoms in total. The van der Waals surface area contributed by atoms with Crippen LogP contribution in [0.4, 0.5) is 0 Å². The molecule has 0 aromatic heterocycles. The van der Waals surface area contributed by atoms with Gasteiger partial charge in [-0.05, 0) is 27.7 Å². The minimum absolute atomic E-state index is 0.211. The van der Waals surface area contributed by atoms with E-state index in [9.17, 15) is 9.59 Å². The summed E-state index contributed by atoms with van der Waals surface area (Å²) in [5.41, 5.74) is 0. The molecule has 0 aliphatic carbocycles. The van der Waals surface area contributed by atoms with Crippen LogP contribution in [-0.2, 0) is 23.8 Å². The van der Waals surface area contributed by atoms with E-state index in [0.29, 0.717) is 13.2 Å². The molecule has 0 fully saturated rings. The van der Waals surface area contributed by atoms with E-state index in [1.807, 2.05) is 13.8 Å². The molecule has 20 heavy (non-hydrogen) atoms. The fourth-order valence-electron chi connectivity index (χ4n) is 0.611. The third-order valence-electron chi connectivity index (χ3n) is 1.10. The Morgan fingerprint density at radius 1 is 0.650 bits per heavy atom. The van der Waals surface area contributed by atoms with E-state index >= 15 is 0 Å². The standard InChI is InChI=1S/2C4H8O2.C4H10O.C3H8/c2*1-3-6-4(2)5;1-3-5-4-2;1-3-2/h2*3H2,1-2H3;3-4H2,1-2H3;3H2,1-2H3. The van der Waals surface area contributed by atoms with Gasteiger partial charge in [0.1, 0.15) is 0 Å². The van der Waals surface area contributed by atoms with Gasteiger partial charge in [-0.2, -0.15) is 0 Å². The summed E-state index contributed by atoms with van der Waals surface area (Å²) < 4.78 is 13.6. The van der Waals surface area contributed by atoms with E-state index < -0.39 is 0 Å². The lowest BCUT2D eigenvalue weighted by atomic mass is 10.6. The SMILES string of the molecule is CCC.CCOC(C)=O.CCOC(C)=O.CCOCC. The van der Waals surface area contributed by atoms with Crippen molar-refractivity contribution in [2.24, 2.45) is 0 Å². The van der Waals surface area contributed by atoms with E-state index in [0.717, 1.165) is 13.2 Å². The molecule has 0 bridgehead atoms. The van der Waals surface area contributed by atoms with Gasteiger partial charge in [0.05, 0.1) is 13.2 Å². The van der Waals surface area contributed by atoms with Crippen LogP contribution in [0.25, 0.3) is 0 Å². The topological polar surface area (TPSA) is 61.8 Å². The second-order valence-corrected chi connectivity index (χ2v) is 3.34. The molecule has 0 aliphatic rings. The van der Waals surface area contributed by atoms with Gasteiger partial charge < -0.3 is 14.2 Å². The molecule has 0 aromatic rings. The summed E-state index contributed by atoms with van der Waals surface area (Å²) in [5.74, 6) is -0.421. The molecule has 0 rings (SSSR count). The van der Waals surface area contributed by atoms with Gasteiger partial charge >= 0.3 is 11.9 Å². The highest BCUT2D eigenvalue weighted by Gasteiger charge is 1.82. The summed E-state index contributed by atoms with van der Waals surface area (Å²) in [7, 11) is 0. The Hall–Kier alpha value is -1.10. The predicted octanol–water partition coefficient (Wildman–Crippen LogP) is 3.60. The van der Waals surface area contributed by atoms with Crippen molar-refractivity contribution in [3.05, 3.63) is 0 Å². The molecule has 0 radical (unpaired) electrons. The number of ether oxygens (including phenoxy) is 3. The average Bonchev–Trinajstić information content (AvgIpc) is 2.32. The molecule has 124 valence electrons. The Labute approximate surface area is 125 Å². The molecule has 0 atom stereocenters. The van der Waals surface area contributed by atoms with Gasteiger partial charge in [0, 0.05) is 27.1 Å². The lowest BCUT2D eigenvalue weighted by molar-refractivity contribution is -0.141. The average molecular weight is 294 g/mol. The Balaban J connectivity index is -0.0000000879. The van der Waals surface area contributed by atoms with Gasteiger partial charge in [0.25, 0.3) is 0 Å². The van der Waals surface area contributed by atoms with E-state index in [4.69, 9.17) is 4.74 Å². The maximum absolute atomic E-state index is 9.82. The van der Waals surface area contributed by atoms with Gasteiger partial charge in [0.15, 0.2) is 0 Å². The molecule has 0 amide bonds. The number of hydrogen-bond donors (Lipinski definition) is 0. The monoisotopic (exact) mass is 294 g/mol. The van der Waals surface area contributed by atoms with Crippen molar-refractivity contribution in [3.63, 3.8) is 0 Å². The molecule has 0 saturated carbocycles. The molecule has 5 heteroatoms. The maximum atomic E-state index is 9.82. The highest BCUT2D eigenvalue weighted by Crippen LogP contribution is 1.70. The first kappa shape index (κ1) is 27.3. The minimum atomic E-state index is -0.211. The number of hydrogen-bond acceptors (Lipinski definition) is 5. The summed E-state index contributed by atoms with van der Waals surface area (Å²) in [6, 6.07) is 0. The molecule has 0 heterocycles. The van der Waals surface area contributed by atoms with Crippen LogP contribution in [-0.4, -0.2) is 38.4 Å². The molecule has 0 aliphatic heterocycles. The van der Waals surface area contributed by atoms with Gasteiger partial charge in [-0.1, -0.05) is 20.3 Å². The third-order valence-corrected chi connectivity index (χ3v) is 1.10. The first-order valence-corrected chi connectivity index (χ1v) is 7.21. The summed E-state index contributed by atoms with van der Waals surface area (Å²) in [5, 5.41) is 0. The lowest BCUT2D eigenvalue weighted by Gasteiger charge is -1.89. The van der Waals surface area contributed by atoms with E-state index in [1.54, 1.807) is 13.8 Å². The molecule has 0 N–H and O–H groups in total. The highest BCUT2D eigenvalue weighted by atomic mass is 16.5. The highest BCUT2D eigenvalue weighted by molar-refractivity contribution is 5.66. The van der Waals surface area contributed by atoms with Gasteiger partial charge in [0.2, 0.25) is 0 Å². The normalized spacial score (nSPS) is 7.60. The predicted molar refractivity (Wildman–Crippen MR) is 82.7 cm³/mol. The van der Waals surface area contributed by atoms with Crippen molar-refractivity contribution in [1.82, 2.24) is 0 Å². The van der Waals surface area contributed by atoms with Crippen LogP contribution in [0.15, 0.2) is 0 Å². The van der Waals surface area contributed by atoms with Crippen LogP contribution in [0.5, 0.6) is 0 Å². The molecule has 0 saturated heterocycles. The van der Waals surface area contributed by atoms with Crippen LogP contribution in [0.2, 0.25) is 0 Å². The fourth-order valence-corrected chi connectivity index (χ4v) is 0.611. The maximum Gasteiger partial charge on any atom is 0.302 e. The zero-order valence-electron chi connectivity index (χ0n) is 14.6. The van der Waals surface area contributed by atoms with Crippen LogP contribution in [0, 0.1) is 0 Å². The zero-order valence-corrected chi connectivity index (χ0v) is 14.6. The molecule has 0 spiro atoms. The largest absolute Gasteiger partial charge is 0.466 e. The van der Waals surface area contributed by atoms with Gasteiger partial charge in [-0.25, -0.2) is 0 Å². The minimum Gasteiger partial charge on any atom is -0.466 e. The van der Waals surface area contributed by atoms with Crippen molar-refractivity contribution in [2.45, 2.75) is 61.8 Å². The summed E-state index contributed by atoms with van der Waals surface area (Å²) >= 11 is 0. The van der Waals surface area contributed by atoms with E-state index in [-0.39, 0.29) is 11.9 Å². The number of carbonyl (C=O) groups excluding carboxylic acids is 2. The van der Waals surface area contributed by atoms with Crippen LogP contribution in [0.3, 0.4) is 0 Å². The summed E-state index contributed by atoms with van der Waals surface area (Å²) in [6.45, 7) is 17.2. The summed E-state index contributed by atoms with van der Waals surface area (Å²) in [6.07, 6.45) is 1.25. The second-order valence-electron chi connectivity index (χ2n) is 3.34. The molecular formula is C15H34O5. The Morgan fingerprint density at radius 3 is 0.900 bits per heavy atom. The van der Waals surface area contributed by atoms with E-state index in [1.165, 1.54) is 20.3 Å². The Kier molecular flexibility index (Phi) is 41.9. The molecular weight excluding hydrogens is 260 g/mol. The van der Waals surface area contributed by atoms with Crippen molar-refractivity contribution in [3.8, 4) is 0 Å². The van der Waals surface area contributed by atoms with Gasteiger partial charge in [-0.15, -0.1) is 0 Å². The lowest BCUT2D eigenvalue weighted by Crippen LogP contribution is -1.95. The first-order chi connectivity index (χ1) is 9.37. The summed E-state index contributed by atoms with van der Waals surface area (Å²) in [4.78, 5) is 19.6. The molecule has 0 unspecified atom stereocenters. The van der Waals surface area contributed by atoms with Crippen molar-refractivity contribution >= 4 is 11.9 Å². The van der Waals surface area contributed by atoms with Crippen LogP contribution >= 0.6 is 0 Å². The van der Waals surface area contributed by atoms with E-state index in [2.05, 4.69) is 23.3 Å². The quantitative estimate of drug-likeness (QED) is 0.741. The fraction of sp³-hybridized carbons (Fsp3) is 0.867. The number of carbonyl (C=O) groups is 2. The Bertz CT molecular complexity index is 163. The third kappa shape index (κ3) is 89.7. The second kappa shape index (κ2) is 30.7. The van der Waals surface area contributed by atoms with Gasteiger partial charge in [-0.3, -0.25) is 9.59 Å². The van der Waals surface area contributed by atoms with Crippen molar-refractivity contribution in [1.29, 1.82) is 0 Å². The zero-order chi connectivity index (χ0) is 16.8. The molecule has 0 aromatic carbocycles. The van der Waals surface area contributed by atoms with Crippen LogP contribution in [0.1, 0.15) is 61.8 Å². The first-order valence-electron chi connectivity index (χ1n) is 7.21. The van der Waals surface area contributed by atoms with Crippen molar-refractivity contribution in [2.75, 3.05) is 26.4 Å². The smallest absolute Gasteiger partial charge is 0.302 e. The number of esters is 2. The number of rotatable bonds is 4.